The molecular weight excluding hydrogens is 245 g/mol. The van der Waals surface area contributed by atoms with Gasteiger partial charge in [0.1, 0.15) is 6.54 Å². The molecule has 0 fully saturated rings. The molecule has 0 radical (unpaired) electrons. The molecule has 0 unspecified atom stereocenters. The summed E-state index contributed by atoms with van der Waals surface area (Å²) in [4.78, 5) is 13.0. The largest absolute Gasteiger partial charge is 0.406 e. The molecule has 0 rings (SSSR count). The molecule has 0 aromatic carbocycles. The lowest BCUT2D eigenvalue weighted by atomic mass is 9.92. The van der Waals surface area contributed by atoms with Crippen molar-refractivity contribution < 1.29 is 18.0 Å². The second kappa shape index (κ2) is 6.97. The molecule has 2 N–H and O–H groups in total. The normalized spacial score (nSPS) is 12.6. The highest BCUT2D eigenvalue weighted by Crippen LogP contribution is 2.21. The first-order valence-electron chi connectivity index (χ1n) is 6.35. The number of halogens is 3. The molecular formula is C12H23F3N2O. The number of unbranched alkanes of at least 4 members (excludes halogenated alkanes) is 1. The van der Waals surface area contributed by atoms with Gasteiger partial charge in [0.15, 0.2) is 0 Å². The van der Waals surface area contributed by atoms with Crippen LogP contribution in [0.3, 0.4) is 0 Å². The zero-order chi connectivity index (χ0) is 14.4. The molecule has 3 nitrogen and oxygen atoms in total. The van der Waals surface area contributed by atoms with Crippen LogP contribution in [0.25, 0.3) is 0 Å². The summed E-state index contributed by atoms with van der Waals surface area (Å²) in [5.74, 6) is -0.599. The highest BCUT2D eigenvalue weighted by Gasteiger charge is 2.39. The van der Waals surface area contributed by atoms with Crippen LogP contribution in [0.15, 0.2) is 0 Å². The number of amides is 1. The summed E-state index contributed by atoms with van der Waals surface area (Å²) in [5.41, 5.74) is 4.69. The number of nitrogens with two attached hydrogens (primary N) is 1. The van der Waals surface area contributed by atoms with Gasteiger partial charge in [-0.2, -0.15) is 13.2 Å². The Hall–Kier alpha value is -0.780. The minimum atomic E-state index is -4.38. The first kappa shape index (κ1) is 17.2. The monoisotopic (exact) mass is 268 g/mol. The summed E-state index contributed by atoms with van der Waals surface area (Å²) in [6.45, 7) is 4.18. The van der Waals surface area contributed by atoms with Gasteiger partial charge in [-0.25, -0.2) is 0 Å². The van der Waals surface area contributed by atoms with Crippen LogP contribution in [-0.2, 0) is 4.79 Å². The fraction of sp³-hybridized carbons (Fsp3) is 0.917. The molecule has 0 saturated heterocycles. The molecule has 0 aliphatic rings. The van der Waals surface area contributed by atoms with Crippen molar-refractivity contribution in [3.8, 4) is 0 Å². The van der Waals surface area contributed by atoms with Gasteiger partial charge in [0, 0.05) is 6.54 Å². The Bertz CT molecular complexity index is 263. The summed E-state index contributed by atoms with van der Waals surface area (Å²) in [6.07, 6.45) is -2.43. The number of carbonyl (C=O) groups is 1. The molecule has 6 heteroatoms. The average Bonchev–Trinajstić information content (AvgIpc) is 2.31. The number of rotatable bonds is 7. The van der Waals surface area contributed by atoms with Gasteiger partial charge in [-0.15, -0.1) is 0 Å². The van der Waals surface area contributed by atoms with E-state index in [4.69, 9.17) is 5.73 Å². The highest BCUT2D eigenvalue weighted by atomic mass is 19.4. The van der Waals surface area contributed by atoms with Gasteiger partial charge >= 0.3 is 6.18 Å². The van der Waals surface area contributed by atoms with Gasteiger partial charge in [-0.05, 0) is 19.3 Å². The maximum Gasteiger partial charge on any atom is 0.406 e. The number of hydrogen-bond donors (Lipinski definition) is 1. The van der Waals surface area contributed by atoms with Crippen molar-refractivity contribution in [1.82, 2.24) is 4.90 Å². The first-order chi connectivity index (χ1) is 8.20. The minimum Gasteiger partial charge on any atom is -0.332 e. The Labute approximate surface area is 107 Å². The lowest BCUT2D eigenvalue weighted by Gasteiger charge is -2.33. The highest BCUT2D eigenvalue weighted by molar-refractivity contribution is 5.86. The van der Waals surface area contributed by atoms with Gasteiger partial charge in [0.25, 0.3) is 0 Å². The van der Waals surface area contributed by atoms with E-state index in [2.05, 4.69) is 0 Å². The summed E-state index contributed by atoms with van der Waals surface area (Å²) in [7, 11) is 0. The Morgan fingerprint density at radius 1 is 1.17 bits per heavy atom. The van der Waals surface area contributed by atoms with E-state index in [1.165, 1.54) is 0 Å². The van der Waals surface area contributed by atoms with Crippen molar-refractivity contribution >= 4 is 5.91 Å². The lowest BCUT2D eigenvalue weighted by molar-refractivity contribution is -0.165. The van der Waals surface area contributed by atoms with Crippen molar-refractivity contribution in [3.05, 3.63) is 0 Å². The number of hydrogen-bond acceptors (Lipinski definition) is 2. The van der Waals surface area contributed by atoms with Crippen LogP contribution < -0.4 is 5.73 Å². The third-order valence-corrected chi connectivity index (χ3v) is 3.13. The topological polar surface area (TPSA) is 46.3 Å². The van der Waals surface area contributed by atoms with Crippen molar-refractivity contribution in [2.24, 2.45) is 5.73 Å². The summed E-state index contributed by atoms with van der Waals surface area (Å²) in [6, 6.07) is 0. The van der Waals surface area contributed by atoms with E-state index in [-0.39, 0.29) is 6.54 Å². The molecule has 0 heterocycles. The summed E-state index contributed by atoms with van der Waals surface area (Å²) in [5, 5.41) is 0. The van der Waals surface area contributed by atoms with Gasteiger partial charge in [-0.3, -0.25) is 4.79 Å². The number of carbonyl (C=O) groups excluding carboxylic acids is 1. The molecule has 0 bridgehead atoms. The number of alkyl halides is 3. The molecule has 0 aromatic heterocycles. The van der Waals surface area contributed by atoms with Crippen molar-refractivity contribution in [2.45, 2.75) is 58.2 Å². The molecule has 0 aliphatic carbocycles. The van der Waals surface area contributed by atoms with E-state index < -0.39 is 24.2 Å². The Morgan fingerprint density at radius 2 is 1.67 bits per heavy atom. The molecule has 0 spiro atoms. The van der Waals surface area contributed by atoms with Gasteiger partial charge < -0.3 is 10.6 Å². The maximum absolute atomic E-state index is 12.5. The SMILES string of the molecule is CCCCN(CC(F)(F)F)C(=O)C(N)(CC)CC. The Morgan fingerprint density at radius 3 is 2.00 bits per heavy atom. The quantitative estimate of drug-likeness (QED) is 0.771. The molecule has 0 aromatic rings. The molecule has 0 saturated carbocycles. The van der Waals surface area contributed by atoms with E-state index in [1.54, 1.807) is 13.8 Å². The zero-order valence-electron chi connectivity index (χ0n) is 11.3. The molecule has 0 atom stereocenters. The Balaban J connectivity index is 4.89. The standard InChI is InChI=1S/C12H23F3N2O/c1-4-7-8-17(9-12(13,14)15)10(18)11(16,5-2)6-3/h4-9,16H2,1-3H3. The molecule has 1 amide bonds. The minimum absolute atomic E-state index is 0.105. The van der Waals surface area contributed by atoms with Crippen LogP contribution >= 0.6 is 0 Å². The molecule has 108 valence electrons. The van der Waals surface area contributed by atoms with Crippen LogP contribution in [0.4, 0.5) is 13.2 Å². The van der Waals surface area contributed by atoms with E-state index in [1.807, 2.05) is 6.92 Å². The van der Waals surface area contributed by atoms with Gasteiger partial charge in [0.05, 0.1) is 5.54 Å². The van der Waals surface area contributed by atoms with E-state index in [0.29, 0.717) is 19.3 Å². The van der Waals surface area contributed by atoms with Crippen LogP contribution in [0.5, 0.6) is 0 Å². The zero-order valence-corrected chi connectivity index (χ0v) is 11.3. The van der Waals surface area contributed by atoms with Crippen molar-refractivity contribution in [1.29, 1.82) is 0 Å². The second-order valence-corrected chi connectivity index (χ2v) is 4.56. The molecule has 18 heavy (non-hydrogen) atoms. The van der Waals surface area contributed by atoms with Gasteiger partial charge in [-0.1, -0.05) is 27.2 Å². The third-order valence-electron chi connectivity index (χ3n) is 3.13. The van der Waals surface area contributed by atoms with Crippen LogP contribution in [0, 0.1) is 0 Å². The first-order valence-corrected chi connectivity index (χ1v) is 6.35. The summed E-state index contributed by atoms with van der Waals surface area (Å²) < 4.78 is 37.4. The predicted octanol–water partition coefficient (Wildman–Crippen LogP) is 2.69. The predicted molar refractivity (Wildman–Crippen MR) is 65.0 cm³/mol. The van der Waals surface area contributed by atoms with Crippen molar-refractivity contribution in [3.63, 3.8) is 0 Å². The van der Waals surface area contributed by atoms with Crippen LogP contribution in [-0.4, -0.2) is 35.6 Å². The average molecular weight is 268 g/mol. The van der Waals surface area contributed by atoms with Gasteiger partial charge in [0.2, 0.25) is 5.91 Å². The van der Waals surface area contributed by atoms with Crippen LogP contribution in [0.2, 0.25) is 0 Å². The third kappa shape index (κ3) is 5.25. The lowest BCUT2D eigenvalue weighted by Crippen LogP contribution is -2.56. The van der Waals surface area contributed by atoms with Crippen molar-refractivity contribution in [2.75, 3.05) is 13.1 Å². The van der Waals surface area contributed by atoms with E-state index in [9.17, 15) is 18.0 Å². The number of nitrogens with zero attached hydrogens (tertiary/aromatic N) is 1. The smallest absolute Gasteiger partial charge is 0.332 e. The fourth-order valence-corrected chi connectivity index (χ4v) is 1.69. The van der Waals surface area contributed by atoms with E-state index in [0.717, 1.165) is 11.3 Å². The second-order valence-electron chi connectivity index (χ2n) is 4.56. The Kier molecular flexibility index (Phi) is 6.67. The van der Waals surface area contributed by atoms with E-state index >= 15 is 0 Å². The molecule has 0 aliphatic heterocycles. The fourth-order valence-electron chi connectivity index (χ4n) is 1.69. The maximum atomic E-state index is 12.5. The van der Waals surface area contributed by atoms with Crippen LogP contribution in [0.1, 0.15) is 46.5 Å². The summed E-state index contributed by atoms with van der Waals surface area (Å²) >= 11 is 0.